The summed E-state index contributed by atoms with van der Waals surface area (Å²) in [6.07, 6.45) is 5.05. The number of aromatic nitrogens is 1. The molecule has 0 aromatic carbocycles. The minimum atomic E-state index is -0.821. The van der Waals surface area contributed by atoms with Gasteiger partial charge in [-0.15, -0.1) is 0 Å². The molecule has 3 heteroatoms. The van der Waals surface area contributed by atoms with Crippen LogP contribution in [0.1, 0.15) is 46.1 Å². The van der Waals surface area contributed by atoms with Crippen molar-refractivity contribution in [2.24, 2.45) is 5.92 Å². The fourth-order valence-electron chi connectivity index (χ4n) is 1.90. The summed E-state index contributed by atoms with van der Waals surface area (Å²) in [5.74, 6) is 0.882. The van der Waals surface area contributed by atoms with Gasteiger partial charge < -0.3 is 9.84 Å². The quantitative estimate of drug-likeness (QED) is 0.826. The van der Waals surface area contributed by atoms with Crippen molar-refractivity contribution in [3.63, 3.8) is 0 Å². The zero-order valence-corrected chi connectivity index (χ0v) is 11.2. The van der Waals surface area contributed by atoms with Crippen LogP contribution in [-0.2, 0) is 5.60 Å². The van der Waals surface area contributed by atoms with E-state index in [0.29, 0.717) is 13.0 Å². The lowest BCUT2D eigenvalue weighted by Crippen LogP contribution is -2.31. The molecule has 0 amide bonds. The van der Waals surface area contributed by atoms with E-state index in [9.17, 15) is 5.11 Å². The number of hydrogen-bond acceptors (Lipinski definition) is 3. The molecule has 1 atom stereocenters. The predicted octanol–water partition coefficient (Wildman–Crippen LogP) is 3.12. The Morgan fingerprint density at radius 3 is 2.59 bits per heavy atom. The smallest absolute Gasteiger partial charge is 0.137 e. The lowest BCUT2D eigenvalue weighted by molar-refractivity contribution is -0.0145. The maximum Gasteiger partial charge on any atom is 0.137 e. The van der Waals surface area contributed by atoms with Gasteiger partial charge in [-0.25, -0.2) is 0 Å². The highest BCUT2D eigenvalue weighted by molar-refractivity contribution is 5.28. The summed E-state index contributed by atoms with van der Waals surface area (Å²) in [6, 6.07) is 1.90. The first-order chi connectivity index (χ1) is 8.04. The topological polar surface area (TPSA) is 42.4 Å². The van der Waals surface area contributed by atoms with Crippen molar-refractivity contribution in [1.29, 1.82) is 0 Å². The highest BCUT2D eigenvalue weighted by atomic mass is 16.5. The maximum atomic E-state index is 10.6. The number of nitrogens with zero attached hydrogens (tertiary/aromatic N) is 1. The Bertz CT molecular complexity index is 352. The van der Waals surface area contributed by atoms with E-state index in [2.05, 4.69) is 11.9 Å². The van der Waals surface area contributed by atoms with Crippen molar-refractivity contribution in [3.8, 4) is 5.75 Å². The number of aliphatic hydroxyl groups is 1. The van der Waals surface area contributed by atoms with Crippen molar-refractivity contribution in [1.82, 2.24) is 4.98 Å². The number of hydrogen-bond donors (Lipinski definition) is 1. The van der Waals surface area contributed by atoms with Gasteiger partial charge in [0.1, 0.15) is 5.75 Å². The summed E-state index contributed by atoms with van der Waals surface area (Å²) in [7, 11) is 0. The predicted molar refractivity (Wildman–Crippen MR) is 69.0 cm³/mol. The van der Waals surface area contributed by atoms with Crippen molar-refractivity contribution in [2.75, 3.05) is 6.61 Å². The van der Waals surface area contributed by atoms with Gasteiger partial charge in [0.25, 0.3) is 0 Å². The third kappa shape index (κ3) is 3.19. The molecule has 1 N–H and O–H groups in total. The molecule has 3 nitrogen and oxygen atoms in total. The van der Waals surface area contributed by atoms with E-state index in [1.165, 1.54) is 0 Å². The average Bonchev–Trinajstić information content (AvgIpc) is 2.35. The highest BCUT2D eigenvalue weighted by Gasteiger charge is 2.31. The molecular weight excluding hydrogens is 214 g/mol. The molecule has 0 radical (unpaired) electrons. The third-order valence-electron chi connectivity index (χ3n) is 3.18. The van der Waals surface area contributed by atoms with E-state index in [1.54, 1.807) is 12.4 Å². The molecule has 0 aliphatic rings. The SMILES string of the molecule is CCCOc1cncc(C(O)(CC)C(C)C)c1. The summed E-state index contributed by atoms with van der Waals surface area (Å²) in [5.41, 5.74) is 0.0158. The Morgan fingerprint density at radius 1 is 1.35 bits per heavy atom. The second-order valence-electron chi connectivity index (χ2n) is 4.69. The first kappa shape index (κ1) is 14.0. The Morgan fingerprint density at radius 2 is 2.06 bits per heavy atom. The van der Waals surface area contributed by atoms with Gasteiger partial charge in [-0.2, -0.15) is 0 Å². The molecule has 17 heavy (non-hydrogen) atoms. The maximum absolute atomic E-state index is 10.6. The first-order valence-corrected chi connectivity index (χ1v) is 6.35. The Hall–Kier alpha value is -1.09. The Labute approximate surface area is 104 Å². The Balaban J connectivity index is 2.97. The second-order valence-corrected chi connectivity index (χ2v) is 4.69. The van der Waals surface area contributed by atoms with Crippen LogP contribution in [0, 0.1) is 5.92 Å². The molecule has 1 heterocycles. The molecule has 1 aromatic heterocycles. The molecule has 0 aliphatic heterocycles. The summed E-state index contributed by atoms with van der Waals surface area (Å²) < 4.78 is 5.54. The van der Waals surface area contributed by atoms with Crippen LogP contribution in [0.4, 0.5) is 0 Å². The molecule has 1 aromatic rings. The Kier molecular flexibility index (Phi) is 4.94. The summed E-state index contributed by atoms with van der Waals surface area (Å²) in [6.45, 7) is 8.76. The van der Waals surface area contributed by atoms with Crippen LogP contribution in [0.25, 0.3) is 0 Å². The lowest BCUT2D eigenvalue weighted by atomic mass is 9.82. The van der Waals surface area contributed by atoms with Crippen molar-refractivity contribution < 1.29 is 9.84 Å². The van der Waals surface area contributed by atoms with E-state index >= 15 is 0 Å². The number of ether oxygens (including phenoxy) is 1. The number of pyridine rings is 1. The van der Waals surface area contributed by atoms with Gasteiger partial charge in [0.05, 0.1) is 18.4 Å². The zero-order valence-electron chi connectivity index (χ0n) is 11.2. The minimum absolute atomic E-state index is 0.149. The van der Waals surface area contributed by atoms with Crippen LogP contribution in [0.2, 0.25) is 0 Å². The molecule has 1 rings (SSSR count). The molecule has 0 aliphatic carbocycles. The van der Waals surface area contributed by atoms with Gasteiger partial charge in [0, 0.05) is 11.8 Å². The van der Waals surface area contributed by atoms with Crippen LogP contribution in [-0.4, -0.2) is 16.7 Å². The summed E-state index contributed by atoms with van der Waals surface area (Å²) in [5, 5.41) is 10.6. The van der Waals surface area contributed by atoms with Crippen molar-refractivity contribution in [3.05, 3.63) is 24.0 Å². The van der Waals surface area contributed by atoms with Gasteiger partial charge in [0.2, 0.25) is 0 Å². The normalized spacial score (nSPS) is 14.7. The van der Waals surface area contributed by atoms with Gasteiger partial charge in [-0.1, -0.05) is 27.7 Å². The summed E-state index contributed by atoms with van der Waals surface area (Å²) >= 11 is 0. The molecule has 96 valence electrons. The van der Waals surface area contributed by atoms with Crippen molar-refractivity contribution >= 4 is 0 Å². The molecular formula is C14H23NO2. The fraction of sp³-hybridized carbons (Fsp3) is 0.643. The second kappa shape index (κ2) is 6.01. The van der Waals surface area contributed by atoms with E-state index < -0.39 is 5.60 Å². The van der Waals surface area contributed by atoms with Crippen LogP contribution in [0.3, 0.4) is 0 Å². The van der Waals surface area contributed by atoms with Gasteiger partial charge >= 0.3 is 0 Å². The average molecular weight is 237 g/mol. The largest absolute Gasteiger partial charge is 0.492 e. The molecule has 0 spiro atoms. The third-order valence-corrected chi connectivity index (χ3v) is 3.18. The van der Waals surface area contributed by atoms with Crippen molar-refractivity contribution in [2.45, 2.75) is 46.1 Å². The molecule has 0 fully saturated rings. The van der Waals surface area contributed by atoms with E-state index in [4.69, 9.17) is 4.74 Å². The monoisotopic (exact) mass is 237 g/mol. The lowest BCUT2D eigenvalue weighted by Gasteiger charge is -2.31. The van der Waals surface area contributed by atoms with Crippen LogP contribution in [0.15, 0.2) is 18.5 Å². The van der Waals surface area contributed by atoms with Gasteiger partial charge in [-0.05, 0) is 24.8 Å². The zero-order chi connectivity index (χ0) is 12.9. The van der Waals surface area contributed by atoms with Crippen LogP contribution < -0.4 is 4.74 Å². The van der Waals surface area contributed by atoms with Gasteiger partial charge in [-0.3, -0.25) is 4.98 Å². The fourth-order valence-corrected chi connectivity index (χ4v) is 1.90. The van der Waals surface area contributed by atoms with E-state index in [1.807, 2.05) is 26.8 Å². The molecule has 0 saturated carbocycles. The van der Waals surface area contributed by atoms with Crippen LogP contribution >= 0.6 is 0 Å². The van der Waals surface area contributed by atoms with E-state index in [-0.39, 0.29) is 5.92 Å². The first-order valence-electron chi connectivity index (χ1n) is 6.35. The minimum Gasteiger partial charge on any atom is -0.492 e. The van der Waals surface area contributed by atoms with Gasteiger partial charge in [0.15, 0.2) is 0 Å². The highest BCUT2D eigenvalue weighted by Crippen LogP contribution is 2.33. The summed E-state index contributed by atoms with van der Waals surface area (Å²) in [4.78, 5) is 4.15. The van der Waals surface area contributed by atoms with E-state index in [0.717, 1.165) is 17.7 Å². The number of rotatable bonds is 6. The molecule has 0 saturated heterocycles. The molecule has 0 bridgehead atoms. The standard InChI is InChI=1S/C14H23NO2/c1-5-7-17-13-8-12(9-15-10-13)14(16,6-2)11(3)4/h8-11,16H,5-7H2,1-4H3. The molecule has 1 unspecified atom stereocenters. The van der Waals surface area contributed by atoms with Crippen LogP contribution in [0.5, 0.6) is 5.75 Å².